The molecule has 1 aliphatic rings. The van der Waals surface area contributed by atoms with Gasteiger partial charge in [0.15, 0.2) is 0 Å². The number of likely N-dealkylation sites (N-methyl/N-ethyl adjacent to an activating group) is 2. The highest BCUT2D eigenvalue weighted by Gasteiger charge is 2.23. The van der Waals surface area contributed by atoms with Crippen molar-refractivity contribution < 1.29 is 0 Å². The highest BCUT2D eigenvalue weighted by atomic mass is 15.2. The molecule has 0 aromatic heterocycles. The van der Waals surface area contributed by atoms with E-state index >= 15 is 0 Å². The monoisotopic (exact) mass is 199 g/mol. The zero-order valence-corrected chi connectivity index (χ0v) is 9.87. The molecular formula is C11H25N3. The summed E-state index contributed by atoms with van der Waals surface area (Å²) in [6.07, 6.45) is 2.47. The van der Waals surface area contributed by atoms with Crippen LogP contribution in [-0.4, -0.2) is 56.1 Å². The summed E-state index contributed by atoms with van der Waals surface area (Å²) >= 11 is 0. The van der Waals surface area contributed by atoms with Crippen molar-refractivity contribution in [3.8, 4) is 0 Å². The largest absolute Gasteiger partial charge is 0.330 e. The molecule has 3 heteroatoms. The van der Waals surface area contributed by atoms with E-state index < -0.39 is 0 Å². The van der Waals surface area contributed by atoms with Gasteiger partial charge < -0.3 is 15.5 Å². The predicted molar refractivity (Wildman–Crippen MR) is 61.4 cm³/mol. The Morgan fingerprint density at radius 1 is 1.57 bits per heavy atom. The first-order chi connectivity index (χ1) is 6.63. The molecule has 2 unspecified atom stereocenters. The van der Waals surface area contributed by atoms with Crippen LogP contribution in [0.25, 0.3) is 0 Å². The Morgan fingerprint density at radius 2 is 2.29 bits per heavy atom. The Labute approximate surface area is 88.2 Å². The van der Waals surface area contributed by atoms with Gasteiger partial charge in [-0.15, -0.1) is 0 Å². The smallest absolute Gasteiger partial charge is 0.0232 e. The third kappa shape index (κ3) is 3.56. The highest BCUT2D eigenvalue weighted by Crippen LogP contribution is 2.14. The summed E-state index contributed by atoms with van der Waals surface area (Å²) < 4.78 is 0. The molecule has 1 aliphatic heterocycles. The Bertz CT molecular complexity index is 161. The third-order valence-electron chi connectivity index (χ3n) is 3.25. The second kappa shape index (κ2) is 5.69. The summed E-state index contributed by atoms with van der Waals surface area (Å²) in [6.45, 7) is 6.78. The summed E-state index contributed by atoms with van der Waals surface area (Å²) in [5, 5.41) is 0. The van der Waals surface area contributed by atoms with Gasteiger partial charge in [0.25, 0.3) is 0 Å². The van der Waals surface area contributed by atoms with Crippen LogP contribution in [0.15, 0.2) is 0 Å². The normalized spacial score (nSPS) is 25.9. The van der Waals surface area contributed by atoms with E-state index in [9.17, 15) is 0 Å². The lowest BCUT2D eigenvalue weighted by Crippen LogP contribution is -2.37. The number of nitrogens with two attached hydrogens (primary N) is 1. The molecule has 0 amide bonds. The van der Waals surface area contributed by atoms with E-state index in [1.54, 1.807) is 0 Å². The number of likely N-dealkylation sites (tertiary alicyclic amines) is 1. The molecule has 0 bridgehead atoms. The lowest BCUT2D eigenvalue weighted by atomic mass is 10.1. The van der Waals surface area contributed by atoms with Gasteiger partial charge in [0.2, 0.25) is 0 Å². The van der Waals surface area contributed by atoms with Crippen molar-refractivity contribution in [2.75, 3.05) is 40.3 Å². The van der Waals surface area contributed by atoms with E-state index in [2.05, 4.69) is 30.8 Å². The Kier molecular flexibility index (Phi) is 4.85. The van der Waals surface area contributed by atoms with Crippen LogP contribution >= 0.6 is 0 Å². The van der Waals surface area contributed by atoms with Crippen molar-refractivity contribution in [3.63, 3.8) is 0 Å². The van der Waals surface area contributed by atoms with E-state index in [1.807, 2.05) is 0 Å². The average molecular weight is 199 g/mol. The molecule has 0 aromatic rings. The molecule has 1 saturated heterocycles. The zero-order valence-electron chi connectivity index (χ0n) is 9.87. The molecule has 2 N–H and O–H groups in total. The minimum Gasteiger partial charge on any atom is -0.330 e. The summed E-state index contributed by atoms with van der Waals surface area (Å²) in [5.41, 5.74) is 5.55. The van der Waals surface area contributed by atoms with Gasteiger partial charge in [-0.05, 0) is 45.9 Å². The molecule has 0 saturated carbocycles. The number of rotatable bonds is 5. The van der Waals surface area contributed by atoms with Crippen LogP contribution in [0, 0.1) is 5.92 Å². The first-order valence-corrected chi connectivity index (χ1v) is 5.72. The minimum atomic E-state index is 0.732. The lowest BCUT2D eigenvalue weighted by Gasteiger charge is -2.27. The van der Waals surface area contributed by atoms with Gasteiger partial charge in [-0.3, -0.25) is 0 Å². The molecule has 2 atom stereocenters. The van der Waals surface area contributed by atoms with Crippen LogP contribution in [0.2, 0.25) is 0 Å². The molecule has 84 valence electrons. The SMILES string of the molecule is CC(CCN)CN(C)C1CCN(C)C1. The number of hydrogen-bond donors (Lipinski definition) is 1. The Morgan fingerprint density at radius 3 is 2.79 bits per heavy atom. The first-order valence-electron chi connectivity index (χ1n) is 5.72. The fraction of sp³-hybridized carbons (Fsp3) is 1.00. The second-order valence-electron chi connectivity index (χ2n) is 4.83. The van der Waals surface area contributed by atoms with E-state index in [4.69, 9.17) is 5.73 Å². The highest BCUT2D eigenvalue weighted by molar-refractivity contribution is 4.80. The topological polar surface area (TPSA) is 32.5 Å². The van der Waals surface area contributed by atoms with Gasteiger partial charge in [-0.1, -0.05) is 6.92 Å². The molecule has 0 aliphatic carbocycles. The fourth-order valence-electron chi connectivity index (χ4n) is 2.29. The van der Waals surface area contributed by atoms with Gasteiger partial charge >= 0.3 is 0 Å². The molecule has 3 nitrogen and oxygen atoms in total. The van der Waals surface area contributed by atoms with E-state index in [1.165, 1.54) is 26.1 Å². The molecule has 0 aromatic carbocycles. The molecular weight excluding hydrogens is 174 g/mol. The average Bonchev–Trinajstić information content (AvgIpc) is 2.52. The number of nitrogens with zero attached hydrogens (tertiary/aromatic N) is 2. The third-order valence-corrected chi connectivity index (χ3v) is 3.25. The molecule has 1 fully saturated rings. The summed E-state index contributed by atoms with van der Waals surface area (Å²) in [5.74, 6) is 0.732. The standard InChI is InChI=1S/C11H25N3/c1-10(4-6-12)8-14(3)11-5-7-13(2)9-11/h10-11H,4-9,12H2,1-3H3. The molecule has 0 radical (unpaired) electrons. The lowest BCUT2D eigenvalue weighted by molar-refractivity contribution is 0.209. The van der Waals surface area contributed by atoms with Crippen LogP contribution < -0.4 is 5.73 Å². The summed E-state index contributed by atoms with van der Waals surface area (Å²) in [7, 11) is 4.45. The Hall–Kier alpha value is -0.120. The number of hydrogen-bond acceptors (Lipinski definition) is 3. The molecule has 1 heterocycles. The van der Waals surface area contributed by atoms with E-state index in [0.717, 1.165) is 24.9 Å². The van der Waals surface area contributed by atoms with Gasteiger partial charge in [0.1, 0.15) is 0 Å². The fourth-order valence-corrected chi connectivity index (χ4v) is 2.29. The van der Waals surface area contributed by atoms with Crippen LogP contribution in [0.5, 0.6) is 0 Å². The van der Waals surface area contributed by atoms with Crippen LogP contribution in [0.4, 0.5) is 0 Å². The first kappa shape index (κ1) is 12.0. The van der Waals surface area contributed by atoms with Crippen molar-refractivity contribution in [1.82, 2.24) is 9.80 Å². The van der Waals surface area contributed by atoms with Crippen LogP contribution in [0.1, 0.15) is 19.8 Å². The maximum atomic E-state index is 5.55. The maximum absolute atomic E-state index is 5.55. The van der Waals surface area contributed by atoms with Crippen molar-refractivity contribution in [2.24, 2.45) is 11.7 Å². The molecule has 0 spiro atoms. The van der Waals surface area contributed by atoms with Crippen molar-refractivity contribution in [2.45, 2.75) is 25.8 Å². The summed E-state index contributed by atoms with van der Waals surface area (Å²) in [4.78, 5) is 4.92. The van der Waals surface area contributed by atoms with Crippen molar-refractivity contribution >= 4 is 0 Å². The van der Waals surface area contributed by atoms with Crippen LogP contribution in [-0.2, 0) is 0 Å². The van der Waals surface area contributed by atoms with Crippen molar-refractivity contribution in [1.29, 1.82) is 0 Å². The second-order valence-corrected chi connectivity index (χ2v) is 4.83. The van der Waals surface area contributed by atoms with E-state index in [-0.39, 0.29) is 0 Å². The van der Waals surface area contributed by atoms with Gasteiger partial charge in [0.05, 0.1) is 0 Å². The van der Waals surface area contributed by atoms with Gasteiger partial charge in [-0.2, -0.15) is 0 Å². The quantitative estimate of drug-likeness (QED) is 0.704. The maximum Gasteiger partial charge on any atom is 0.0232 e. The molecule has 14 heavy (non-hydrogen) atoms. The van der Waals surface area contributed by atoms with Gasteiger partial charge in [0, 0.05) is 19.1 Å². The summed E-state index contributed by atoms with van der Waals surface area (Å²) in [6, 6.07) is 0.764. The zero-order chi connectivity index (χ0) is 10.6. The van der Waals surface area contributed by atoms with Gasteiger partial charge in [-0.25, -0.2) is 0 Å². The van der Waals surface area contributed by atoms with Crippen LogP contribution in [0.3, 0.4) is 0 Å². The minimum absolute atomic E-state index is 0.732. The van der Waals surface area contributed by atoms with E-state index in [0.29, 0.717) is 0 Å². The van der Waals surface area contributed by atoms with Crippen molar-refractivity contribution in [3.05, 3.63) is 0 Å². The predicted octanol–water partition coefficient (Wildman–Crippen LogP) is 0.607. The molecule has 1 rings (SSSR count). The Balaban J connectivity index is 2.23.